The third-order valence-electron chi connectivity index (χ3n) is 4.95. The molecule has 0 saturated carbocycles. The van der Waals surface area contributed by atoms with Gasteiger partial charge in [0.25, 0.3) is 5.56 Å². The quantitative estimate of drug-likeness (QED) is 0.829. The SMILES string of the molecule is COc1ccc2ccn(C(C)C(=O)N3CCN(C(C)=O)CC3)c(=O)c2c1. The maximum Gasteiger partial charge on any atom is 0.259 e. The Hall–Kier alpha value is -2.83. The second-order valence-electron chi connectivity index (χ2n) is 6.49. The van der Waals surface area contributed by atoms with Gasteiger partial charge in [-0.25, -0.2) is 0 Å². The summed E-state index contributed by atoms with van der Waals surface area (Å²) in [6, 6.07) is 6.54. The van der Waals surface area contributed by atoms with Gasteiger partial charge in [0.15, 0.2) is 0 Å². The van der Waals surface area contributed by atoms with E-state index in [0.29, 0.717) is 37.3 Å². The Labute approximate surface area is 151 Å². The van der Waals surface area contributed by atoms with Crippen LogP contribution >= 0.6 is 0 Å². The molecular weight excluding hydrogens is 334 g/mol. The highest BCUT2D eigenvalue weighted by Gasteiger charge is 2.27. The van der Waals surface area contributed by atoms with Crippen molar-refractivity contribution < 1.29 is 14.3 Å². The van der Waals surface area contributed by atoms with Crippen molar-refractivity contribution in [1.82, 2.24) is 14.4 Å². The predicted molar refractivity (Wildman–Crippen MR) is 98.3 cm³/mol. The lowest BCUT2D eigenvalue weighted by molar-refractivity contribution is -0.140. The molecule has 138 valence electrons. The van der Waals surface area contributed by atoms with Crippen molar-refractivity contribution in [3.05, 3.63) is 40.8 Å². The number of ether oxygens (including phenoxy) is 1. The van der Waals surface area contributed by atoms with Crippen LogP contribution in [0.5, 0.6) is 5.75 Å². The summed E-state index contributed by atoms with van der Waals surface area (Å²) in [5.41, 5.74) is -0.218. The highest BCUT2D eigenvalue weighted by molar-refractivity contribution is 5.84. The fourth-order valence-corrected chi connectivity index (χ4v) is 3.29. The highest BCUT2D eigenvalue weighted by atomic mass is 16.5. The second-order valence-corrected chi connectivity index (χ2v) is 6.49. The summed E-state index contributed by atoms with van der Waals surface area (Å²) in [5.74, 6) is 0.508. The summed E-state index contributed by atoms with van der Waals surface area (Å²) >= 11 is 0. The largest absolute Gasteiger partial charge is 0.497 e. The lowest BCUT2D eigenvalue weighted by Crippen LogP contribution is -2.51. The van der Waals surface area contributed by atoms with Gasteiger partial charge in [-0.05, 0) is 30.5 Å². The van der Waals surface area contributed by atoms with E-state index in [1.54, 1.807) is 42.2 Å². The van der Waals surface area contributed by atoms with Crippen LogP contribution in [0.15, 0.2) is 35.3 Å². The zero-order valence-corrected chi connectivity index (χ0v) is 15.3. The smallest absolute Gasteiger partial charge is 0.259 e. The van der Waals surface area contributed by atoms with Gasteiger partial charge in [0.05, 0.1) is 12.5 Å². The van der Waals surface area contributed by atoms with Crippen molar-refractivity contribution in [2.75, 3.05) is 33.3 Å². The average Bonchev–Trinajstić information content (AvgIpc) is 2.67. The zero-order valence-electron chi connectivity index (χ0n) is 15.3. The molecule has 26 heavy (non-hydrogen) atoms. The van der Waals surface area contributed by atoms with Gasteiger partial charge in [-0.1, -0.05) is 6.07 Å². The van der Waals surface area contributed by atoms with Crippen molar-refractivity contribution in [2.45, 2.75) is 19.9 Å². The summed E-state index contributed by atoms with van der Waals surface area (Å²) in [6.45, 7) is 5.28. The first-order valence-electron chi connectivity index (χ1n) is 8.65. The van der Waals surface area contributed by atoms with Crippen LogP contribution in [-0.2, 0) is 9.59 Å². The Morgan fingerprint density at radius 1 is 1.08 bits per heavy atom. The minimum absolute atomic E-state index is 0.0184. The monoisotopic (exact) mass is 357 g/mol. The van der Waals surface area contributed by atoms with E-state index in [2.05, 4.69) is 0 Å². The van der Waals surface area contributed by atoms with Gasteiger partial charge < -0.3 is 19.1 Å². The summed E-state index contributed by atoms with van der Waals surface area (Å²) in [5, 5.41) is 1.33. The minimum Gasteiger partial charge on any atom is -0.497 e. The zero-order chi connectivity index (χ0) is 18.8. The number of methoxy groups -OCH3 is 1. The number of pyridine rings is 1. The van der Waals surface area contributed by atoms with Crippen LogP contribution in [-0.4, -0.2) is 59.5 Å². The van der Waals surface area contributed by atoms with E-state index >= 15 is 0 Å². The number of hydrogen-bond donors (Lipinski definition) is 0. The molecule has 7 heteroatoms. The number of fused-ring (bicyclic) bond motifs is 1. The Morgan fingerprint density at radius 3 is 2.35 bits per heavy atom. The standard InChI is InChI=1S/C19H23N3O4/c1-13(18(24)21-10-8-20(9-11-21)14(2)23)22-7-6-15-4-5-16(26-3)12-17(15)19(22)25/h4-7,12-13H,8-11H2,1-3H3. The summed E-state index contributed by atoms with van der Waals surface area (Å²) in [4.78, 5) is 40.5. The Morgan fingerprint density at radius 2 is 1.73 bits per heavy atom. The van der Waals surface area contributed by atoms with E-state index in [1.165, 1.54) is 11.5 Å². The number of aromatic nitrogens is 1. The molecule has 0 spiro atoms. The third kappa shape index (κ3) is 3.29. The average molecular weight is 357 g/mol. The molecule has 0 radical (unpaired) electrons. The minimum atomic E-state index is -0.609. The van der Waals surface area contributed by atoms with E-state index < -0.39 is 6.04 Å². The van der Waals surface area contributed by atoms with Crippen LogP contribution in [0.25, 0.3) is 10.8 Å². The van der Waals surface area contributed by atoms with Gasteiger partial charge in [-0.2, -0.15) is 0 Å². The summed E-state index contributed by atoms with van der Waals surface area (Å²) in [6.07, 6.45) is 1.66. The molecule has 2 aromatic rings. The molecule has 1 atom stereocenters. The number of carbonyl (C=O) groups excluding carboxylic acids is 2. The van der Waals surface area contributed by atoms with Crippen LogP contribution in [0.2, 0.25) is 0 Å². The number of nitrogens with zero attached hydrogens (tertiary/aromatic N) is 3. The maximum absolute atomic E-state index is 12.9. The predicted octanol–water partition coefficient (Wildman–Crippen LogP) is 1.26. The Bertz CT molecular complexity index is 897. The Kier molecular flexibility index (Phi) is 4.97. The van der Waals surface area contributed by atoms with Crippen molar-refractivity contribution in [2.24, 2.45) is 0 Å². The van der Waals surface area contributed by atoms with E-state index in [0.717, 1.165) is 5.39 Å². The molecule has 1 aromatic heterocycles. The first kappa shape index (κ1) is 18.0. The number of rotatable bonds is 3. The molecule has 7 nitrogen and oxygen atoms in total. The van der Waals surface area contributed by atoms with Crippen molar-refractivity contribution in [3.63, 3.8) is 0 Å². The number of amides is 2. The maximum atomic E-state index is 12.9. The molecule has 0 aliphatic carbocycles. The molecule has 3 rings (SSSR count). The van der Waals surface area contributed by atoms with Gasteiger partial charge >= 0.3 is 0 Å². The van der Waals surface area contributed by atoms with Crippen LogP contribution < -0.4 is 10.3 Å². The van der Waals surface area contributed by atoms with Gasteiger partial charge in [0.2, 0.25) is 11.8 Å². The molecule has 2 heterocycles. The van der Waals surface area contributed by atoms with Crippen molar-refractivity contribution in [3.8, 4) is 5.75 Å². The van der Waals surface area contributed by atoms with E-state index in [1.807, 2.05) is 12.1 Å². The van der Waals surface area contributed by atoms with Gasteiger partial charge in [-0.15, -0.1) is 0 Å². The molecule has 1 unspecified atom stereocenters. The van der Waals surface area contributed by atoms with E-state index in [-0.39, 0.29) is 17.4 Å². The molecule has 1 aliphatic rings. The molecule has 1 saturated heterocycles. The molecule has 1 fully saturated rings. The summed E-state index contributed by atoms with van der Waals surface area (Å²) in [7, 11) is 1.55. The van der Waals surface area contributed by atoms with Crippen molar-refractivity contribution in [1.29, 1.82) is 0 Å². The van der Waals surface area contributed by atoms with Crippen LogP contribution in [0.4, 0.5) is 0 Å². The van der Waals surface area contributed by atoms with Crippen LogP contribution in [0.3, 0.4) is 0 Å². The fourth-order valence-electron chi connectivity index (χ4n) is 3.29. The molecule has 0 bridgehead atoms. The first-order valence-corrected chi connectivity index (χ1v) is 8.65. The van der Waals surface area contributed by atoms with E-state index in [9.17, 15) is 14.4 Å². The second kappa shape index (κ2) is 7.19. The first-order chi connectivity index (χ1) is 12.4. The third-order valence-corrected chi connectivity index (χ3v) is 4.95. The number of benzene rings is 1. The molecule has 2 amide bonds. The fraction of sp³-hybridized carbons (Fsp3) is 0.421. The topological polar surface area (TPSA) is 71.8 Å². The molecule has 1 aromatic carbocycles. The van der Waals surface area contributed by atoms with Gasteiger partial charge in [-0.3, -0.25) is 14.4 Å². The Balaban J connectivity index is 1.84. The van der Waals surface area contributed by atoms with Crippen LogP contribution in [0.1, 0.15) is 19.9 Å². The van der Waals surface area contributed by atoms with Crippen molar-refractivity contribution >= 4 is 22.6 Å². The lowest BCUT2D eigenvalue weighted by atomic mass is 10.1. The summed E-state index contributed by atoms with van der Waals surface area (Å²) < 4.78 is 6.65. The molecular formula is C19H23N3O4. The normalized spacial score (nSPS) is 15.8. The van der Waals surface area contributed by atoms with Crippen LogP contribution in [0, 0.1) is 0 Å². The molecule has 0 N–H and O–H groups in total. The van der Waals surface area contributed by atoms with E-state index in [4.69, 9.17) is 4.74 Å². The number of hydrogen-bond acceptors (Lipinski definition) is 4. The highest BCUT2D eigenvalue weighted by Crippen LogP contribution is 2.19. The van der Waals surface area contributed by atoms with Gasteiger partial charge in [0, 0.05) is 39.3 Å². The number of carbonyl (C=O) groups is 2. The lowest BCUT2D eigenvalue weighted by Gasteiger charge is -2.35. The molecule has 1 aliphatic heterocycles. The number of piperazine rings is 1. The van der Waals surface area contributed by atoms with Gasteiger partial charge in [0.1, 0.15) is 11.8 Å².